The number of hydrogen-bond donors (Lipinski definition) is 1. The highest BCUT2D eigenvalue weighted by Gasteiger charge is 2.18. The lowest BCUT2D eigenvalue weighted by Crippen LogP contribution is -2.00. The summed E-state index contributed by atoms with van der Waals surface area (Å²) in [6, 6.07) is 14.8. The molecule has 0 spiro atoms. The van der Waals surface area contributed by atoms with Gasteiger partial charge in [0.15, 0.2) is 11.5 Å². The fourth-order valence-electron chi connectivity index (χ4n) is 2.57. The SMILES string of the molecule is COc1cc(-c2cc(O)nn2-c2ccccc2)cc(OC)c1OC. The van der Waals surface area contributed by atoms with E-state index in [0.717, 1.165) is 11.3 Å². The third kappa shape index (κ3) is 2.74. The van der Waals surface area contributed by atoms with Crippen LogP contribution in [0.3, 0.4) is 0 Å². The third-order valence-electron chi connectivity index (χ3n) is 3.66. The van der Waals surface area contributed by atoms with Crippen molar-refractivity contribution in [2.24, 2.45) is 0 Å². The molecular weight excluding hydrogens is 308 g/mol. The molecule has 1 heterocycles. The smallest absolute Gasteiger partial charge is 0.231 e. The van der Waals surface area contributed by atoms with Crippen molar-refractivity contribution in [1.29, 1.82) is 0 Å². The van der Waals surface area contributed by atoms with Gasteiger partial charge in [-0.15, -0.1) is 5.10 Å². The highest BCUT2D eigenvalue weighted by molar-refractivity contribution is 5.70. The maximum atomic E-state index is 9.89. The number of aromatic nitrogens is 2. The lowest BCUT2D eigenvalue weighted by atomic mass is 10.1. The molecular formula is C18H18N2O4. The van der Waals surface area contributed by atoms with Crippen molar-refractivity contribution in [2.45, 2.75) is 0 Å². The molecule has 3 aromatic rings. The van der Waals surface area contributed by atoms with Crippen LogP contribution in [-0.4, -0.2) is 36.2 Å². The monoisotopic (exact) mass is 326 g/mol. The maximum Gasteiger partial charge on any atom is 0.231 e. The van der Waals surface area contributed by atoms with E-state index in [1.807, 2.05) is 42.5 Å². The molecule has 0 aliphatic rings. The van der Waals surface area contributed by atoms with Crippen molar-refractivity contribution in [1.82, 2.24) is 9.78 Å². The molecule has 24 heavy (non-hydrogen) atoms. The Bertz CT molecular complexity index is 818. The quantitative estimate of drug-likeness (QED) is 0.779. The van der Waals surface area contributed by atoms with Crippen LogP contribution < -0.4 is 14.2 Å². The van der Waals surface area contributed by atoms with Gasteiger partial charge in [-0.25, -0.2) is 4.68 Å². The first kappa shape index (κ1) is 15.7. The van der Waals surface area contributed by atoms with E-state index in [1.165, 1.54) is 0 Å². The maximum absolute atomic E-state index is 9.89. The fraction of sp³-hybridized carbons (Fsp3) is 0.167. The highest BCUT2D eigenvalue weighted by atomic mass is 16.5. The van der Waals surface area contributed by atoms with Gasteiger partial charge in [-0.2, -0.15) is 0 Å². The molecule has 1 aromatic heterocycles. The van der Waals surface area contributed by atoms with Gasteiger partial charge >= 0.3 is 0 Å². The van der Waals surface area contributed by atoms with Crippen LogP contribution in [0.1, 0.15) is 0 Å². The first-order chi connectivity index (χ1) is 11.7. The summed E-state index contributed by atoms with van der Waals surface area (Å²) in [6.07, 6.45) is 0. The Morgan fingerprint density at radius 1 is 0.875 bits per heavy atom. The van der Waals surface area contributed by atoms with Crippen molar-refractivity contribution in [2.75, 3.05) is 21.3 Å². The standard InChI is InChI=1S/C18H18N2O4/c1-22-15-9-12(10-16(23-2)18(15)24-3)14-11-17(21)19-20(14)13-7-5-4-6-8-13/h4-11H,1-3H3,(H,19,21). The first-order valence-corrected chi connectivity index (χ1v) is 7.32. The molecule has 6 nitrogen and oxygen atoms in total. The summed E-state index contributed by atoms with van der Waals surface area (Å²) < 4.78 is 17.8. The Hall–Kier alpha value is -3.15. The Morgan fingerprint density at radius 3 is 2.04 bits per heavy atom. The van der Waals surface area contributed by atoms with E-state index >= 15 is 0 Å². The van der Waals surface area contributed by atoms with Crippen LogP contribution in [0.4, 0.5) is 0 Å². The second-order valence-electron chi connectivity index (χ2n) is 5.05. The molecule has 0 radical (unpaired) electrons. The average Bonchev–Trinajstić information content (AvgIpc) is 3.03. The molecule has 0 fully saturated rings. The Morgan fingerprint density at radius 2 is 1.50 bits per heavy atom. The summed E-state index contributed by atoms with van der Waals surface area (Å²) in [5, 5.41) is 14.1. The number of benzene rings is 2. The normalized spacial score (nSPS) is 10.5. The van der Waals surface area contributed by atoms with E-state index < -0.39 is 0 Å². The lowest BCUT2D eigenvalue weighted by Gasteiger charge is -2.14. The number of hydrogen-bond acceptors (Lipinski definition) is 5. The predicted molar refractivity (Wildman–Crippen MR) is 90.3 cm³/mol. The molecule has 0 unspecified atom stereocenters. The van der Waals surface area contributed by atoms with Crippen LogP contribution in [0.15, 0.2) is 48.5 Å². The number of methoxy groups -OCH3 is 3. The number of nitrogens with zero attached hydrogens (tertiary/aromatic N) is 2. The molecule has 3 rings (SSSR count). The summed E-state index contributed by atoms with van der Waals surface area (Å²) in [5.74, 6) is 1.51. The van der Waals surface area contributed by atoms with Crippen molar-refractivity contribution in [3.8, 4) is 40.1 Å². The summed E-state index contributed by atoms with van der Waals surface area (Å²) in [6.45, 7) is 0. The van der Waals surface area contributed by atoms with Gasteiger partial charge in [-0.05, 0) is 24.3 Å². The minimum Gasteiger partial charge on any atom is -0.493 e. The number of ether oxygens (including phenoxy) is 3. The summed E-state index contributed by atoms with van der Waals surface area (Å²) in [4.78, 5) is 0. The molecule has 0 atom stereocenters. The molecule has 0 saturated carbocycles. The molecule has 0 aliphatic carbocycles. The first-order valence-electron chi connectivity index (χ1n) is 7.32. The number of rotatable bonds is 5. The third-order valence-corrected chi connectivity index (χ3v) is 3.66. The molecule has 0 aliphatic heterocycles. The molecule has 6 heteroatoms. The molecule has 0 amide bonds. The lowest BCUT2D eigenvalue weighted by molar-refractivity contribution is 0.324. The van der Waals surface area contributed by atoms with Gasteiger partial charge in [0.2, 0.25) is 11.6 Å². The predicted octanol–water partition coefficient (Wildman–Crippen LogP) is 3.27. The van der Waals surface area contributed by atoms with E-state index in [4.69, 9.17) is 14.2 Å². The van der Waals surface area contributed by atoms with Crippen LogP contribution in [0.25, 0.3) is 16.9 Å². The average molecular weight is 326 g/mol. The van der Waals surface area contributed by atoms with Gasteiger partial charge in [-0.1, -0.05) is 18.2 Å². The number of aromatic hydroxyl groups is 1. The summed E-state index contributed by atoms with van der Waals surface area (Å²) >= 11 is 0. The topological polar surface area (TPSA) is 65.7 Å². The van der Waals surface area contributed by atoms with E-state index in [-0.39, 0.29) is 5.88 Å². The van der Waals surface area contributed by atoms with Crippen molar-refractivity contribution in [3.05, 3.63) is 48.5 Å². The zero-order valence-corrected chi connectivity index (χ0v) is 13.7. The second kappa shape index (κ2) is 6.54. The minimum atomic E-state index is -0.0670. The fourth-order valence-corrected chi connectivity index (χ4v) is 2.57. The minimum absolute atomic E-state index is 0.0670. The molecule has 124 valence electrons. The molecule has 0 bridgehead atoms. The van der Waals surface area contributed by atoms with Crippen LogP contribution in [0.5, 0.6) is 23.1 Å². The molecule has 1 N–H and O–H groups in total. The van der Waals surface area contributed by atoms with Crippen LogP contribution >= 0.6 is 0 Å². The van der Waals surface area contributed by atoms with Gasteiger partial charge in [0.25, 0.3) is 0 Å². The summed E-state index contributed by atoms with van der Waals surface area (Å²) in [5.41, 5.74) is 2.32. The Kier molecular flexibility index (Phi) is 4.29. The van der Waals surface area contributed by atoms with Crippen LogP contribution in [0, 0.1) is 0 Å². The van der Waals surface area contributed by atoms with Crippen molar-refractivity contribution >= 4 is 0 Å². The van der Waals surface area contributed by atoms with E-state index in [0.29, 0.717) is 22.9 Å². The van der Waals surface area contributed by atoms with Gasteiger partial charge in [0, 0.05) is 11.6 Å². The van der Waals surface area contributed by atoms with E-state index in [1.54, 1.807) is 32.1 Å². The molecule has 2 aromatic carbocycles. The zero-order chi connectivity index (χ0) is 17.1. The molecule has 0 saturated heterocycles. The van der Waals surface area contributed by atoms with E-state index in [9.17, 15) is 5.11 Å². The van der Waals surface area contributed by atoms with Gasteiger partial charge in [0.05, 0.1) is 32.7 Å². The van der Waals surface area contributed by atoms with Crippen molar-refractivity contribution in [3.63, 3.8) is 0 Å². The second-order valence-corrected chi connectivity index (χ2v) is 5.05. The Balaban J connectivity index is 2.20. The Labute approximate surface area is 139 Å². The van der Waals surface area contributed by atoms with Crippen LogP contribution in [0.2, 0.25) is 0 Å². The van der Waals surface area contributed by atoms with Crippen molar-refractivity contribution < 1.29 is 19.3 Å². The number of para-hydroxylation sites is 1. The highest BCUT2D eigenvalue weighted by Crippen LogP contribution is 2.41. The largest absolute Gasteiger partial charge is 0.493 e. The van der Waals surface area contributed by atoms with Gasteiger partial charge < -0.3 is 19.3 Å². The van der Waals surface area contributed by atoms with Gasteiger partial charge in [-0.3, -0.25) is 0 Å². The van der Waals surface area contributed by atoms with Crippen LogP contribution in [-0.2, 0) is 0 Å². The summed E-state index contributed by atoms with van der Waals surface area (Å²) in [7, 11) is 4.68. The van der Waals surface area contributed by atoms with Gasteiger partial charge in [0.1, 0.15) is 0 Å². The zero-order valence-electron chi connectivity index (χ0n) is 13.7. The van der Waals surface area contributed by atoms with E-state index in [2.05, 4.69) is 5.10 Å².